The van der Waals surface area contributed by atoms with Crippen molar-refractivity contribution >= 4 is 0 Å². The van der Waals surface area contributed by atoms with Crippen molar-refractivity contribution in [3.8, 4) is 0 Å². The molecule has 3 aliphatic carbocycles. The normalized spacial score (nSPS) is 35.7. The largest absolute Gasteiger partial charge is 0.271 e. The van der Waals surface area contributed by atoms with Gasteiger partial charge in [-0.05, 0) is 73.8 Å². The van der Waals surface area contributed by atoms with Crippen LogP contribution in [0.4, 0.5) is 0 Å². The van der Waals surface area contributed by atoms with E-state index in [1.165, 1.54) is 51.4 Å². The molecule has 0 heterocycles. The van der Waals surface area contributed by atoms with E-state index in [4.69, 9.17) is 5.84 Å². The average molecular weight is 284 g/mol. The second-order valence-electron chi connectivity index (χ2n) is 7.64. The number of rotatable bonds is 4. The first-order chi connectivity index (χ1) is 10.3. The Morgan fingerprint density at radius 3 is 2.81 bits per heavy atom. The highest BCUT2D eigenvalue weighted by Crippen LogP contribution is 2.51. The Labute approximate surface area is 128 Å². The van der Waals surface area contributed by atoms with Crippen LogP contribution in [0.5, 0.6) is 0 Å². The summed E-state index contributed by atoms with van der Waals surface area (Å²) >= 11 is 0. The zero-order valence-corrected chi connectivity index (χ0v) is 12.9. The molecule has 114 valence electrons. The highest BCUT2D eigenvalue weighted by atomic mass is 15.2. The summed E-state index contributed by atoms with van der Waals surface area (Å²) in [5.74, 6) is 9.58. The van der Waals surface area contributed by atoms with Crippen LogP contribution in [-0.2, 0) is 6.42 Å². The number of hydrogen-bond acceptors (Lipinski definition) is 2. The fraction of sp³-hybridized carbons (Fsp3) is 0.684. The van der Waals surface area contributed by atoms with Gasteiger partial charge in [0.15, 0.2) is 0 Å². The first kappa shape index (κ1) is 13.8. The van der Waals surface area contributed by atoms with Crippen molar-refractivity contribution in [2.45, 2.75) is 63.3 Å². The summed E-state index contributed by atoms with van der Waals surface area (Å²) in [7, 11) is 0. The predicted octanol–water partition coefficient (Wildman–Crippen LogP) is 3.76. The standard InChI is InChI=1S/C19H28N2/c20-21-19(12-16-11-13-8-9-15(16)10-13)18-7-3-5-14-4-1-2-6-17(14)18/h1-2,4,6,13,15-16,18-19,21H,3,5,7-12,20H2. The number of fused-ring (bicyclic) bond motifs is 3. The Hall–Kier alpha value is -0.860. The summed E-state index contributed by atoms with van der Waals surface area (Å²) < 4.78 is 0. The highest BCUT2D eigenvalue weighted by molar-refractivity contribution is 5.33. The van der Waals surface area contributed by atoms with Crippen LogP contribution in [0.25, 0.3) is 0 Å². The molecule has 2 bridgehead atoms. The lowest BCUT2D eigenvalue weighted by atomic mass is 9.74. The fourth-order valence-electron chi connectivity index (χ4n) is 5.55. The minimum Gasteiger partial charge on any atom is -0.271 e. The molecule has 0 spiro atoms. The molecule has 1 aromatic rings. The summed E-state index contributed by atoms with van der Waals surface area (Å²) in [6.07, 6.45) is 11.1. The molecule has 0 amide bonds. The maximum Gasteiger partial charge on any atom is 0.0282 e. The molecule has 2 heteroatoms. The lowest BCUT2D eigenvalue weighted by Crippen LogP contribution is -2.42. The van der Waals surface area contributed by atoms with E-state index >= 15 is 0 Å². The summed E-state index contributed by atoms with van der Waals surface area (Å²) in [6.45, 7) is 0. The van der Waals surface area contributed by atoms with Crippen LogP contribution in [0.15, 0.2) is 24.3 Å². The predicted molar refractivity (Wildman–Crippen MR) is 86.8 cm³/mol. The second kappa shape index (κ2) is 5.73. The molecule has 0 radical (unpaired) electrons. The molecule has 2 fully saturated rings. The second-order valence-corrected chi connectivity index (χ2v) is 7.64. The van der Waals surface area contributed by atoms with Crippen LogP contribution in [0, 0.1) is 17.8 Å². The molecule has 1 aromatic carbocycles. The van der Waals surface area contributed by atoms with E-state index in [2.05, 4.69) is 29.7 Å². The van der Waals surface area contributed by atoms with Crippen LogP contribution in [0.2, 0.25) is 0 Å². The lowest BCUT2D eigenvalue weighted by Gasteiger charge is -2.35. The maximum atomic E-state index is 5.99. The molecule has 3 aliphatic rings. The number of aryl methyl sites for hydroxylation is 1. The van der Waals surface area contributed by atoms with Crippen LogP contribution in [0.1, 0.15) is 62.0 Å². The van der Waals surface area contributed by atoms with Crippen LogP contribution in [0.3, 0.4) is 0 Å². The number of nitrogens with one attached hydrogen (secondary N) is 1. The molecule has 0 saturated heterocycles. The van der Waals surface area contributed by atoms with Gasteiger partial charge in [0.2, 0.25) is 0 Å². The van der Waals surface area contributed by atoms with Crippen LogP contribution >= 0.6 is 0 Å². The maximum absolute atomic E-state index is 5.99. The van der Waals surface area contributed by atoms with Gasteiger partial charge in [0.25, 0.3) is 0 Å². The van der Waals surface area contributed by atoms with Crippen molar-refractivity contribution in [2.24, 2.45) is 23.6 Å². The molecule has 2 saturated carbocycles. The van der Waals surface area contributed by atoms with Gasteiger partial charge in [-0.1, -0.05) is 30.7 Å². The minimum absolute atomic E-state index is 0.468. The van der Waals surface area contributed by atoms with Gasteiger partial charge in [0, 0.05) is 12.0 Å². The zero-order valence-electron chi connectivity index (χ0n) is 12.9. The molecule has 4 rings (SSSR count). The van der Waals surface area contributed by atoms with E-state index in [0.29, 0.717) is 12.0 Å². The molecular formula is C19H28N2. The van der Waals surface area contributed by atoms with Gasteiger partial charge in [0.1, 0.15) is 0 Å². The number of hydrogen-bond donors (Lipinski definition) is 2. The molecular weight excluding hydrogens is 256 g/mol. The Balaban J connectivity index is 1.51. The number of benzene rings is 1. The molecule has 21 heavy (non-hydrogen) atoms. The van der Waals surface area contributed by atoms with E-state index < -0.39 is 0 Å². The first-order valence-corrected chi connectivity index (χ1v) is 8.89. The summed E-state index contributed by atoms with van der Waals surface area (Å²) in [6, 6.07) is 9.50. The van der Waals surface area contributed by atoms with Gasteiger partial charge >= 0.3 is 0 Å². The summed E-state index contributed by atoms with van der Waals surface area (Å²) in [5, 5.41) is 0. The summed E-state index contributed by atoms with van der Waals surface area (Å²) in [4.78, 5) is 0. The highest BCUT2D eigenvalue weighted by Gasteiger charge is 2.41. The third-order valence-corrected chi connectivity index (χ3v) is 6.56. The summed E-state index contributed by atoms with van der Waals surface area (Å²) in [5.41, 5.74) is 6.32. The molecule has 0 aromatic heterocycles. The van der Waals surface area contributed by atoms with Crippen LogP contribution in [-0.4, -0.2) is 6.04 Å². The van der Waals surface area contributed by atoms with Crippen molar-refractivity contribution in [1.29, 1.82) is 0 Å². The monoisotopic (exact) mass is 284 g/mol. The topological polar surface area (TPSA) is 38.0 Å². The van der Waals surface area contributed by atoms with E-state index in [1.807, 2.05) is 0 Å². The van der Waals surface area contributed by atoms with Crippen molar-refractivity contribution < 1.29 is 0 Å². The fourth-order valence-corrected chi connectivity index (χ4v) is 5.55. The third kappa shape index (κ3) is 2.53. The quantitative estimate of drug-likeness (QED) is 0.652. The Morgan fingerprint density at radius 1 is 1.14 bits per heavy atom. The van der Waals surface area contributed by atoms with Crippen molar-refractivity contribution in [2.75, 3.05) is 0 Å². The van der Waals surface area contributed by atoms with E-state index in [1.54, 1.807) is 11.1 Å². The van der Waals surface area contributed by atoms with E-state index in [0.717, 1.165) is 17.8 Å². The number of hydrazine groups is 1. The Morgan fingerprint density at radius 2 is 2.05 bits per heavy atom. The molecule has 2 nitrogen and oxygen atoms in total. The van der Waals surface area contributed by atoms with Gasteiger partial charge in [0.05, 0.1) is 0 Å². The first-order valence-electron chi connectivity index (χ1n) is 8.89. The zero-order chi connectivity index (χ0) is 14.2. The average Bonchev–Trinajstić information content (AvgIpc) is 3.15. The van der Waals surface area contributed by atoms with Gasteiger partial charge in [-0.3, -0.25) is 11.3 Å². The van der Waals surface area contributed by atoms with Crippen molar-refractivity contribution in [3.63, 3.8) is 0 Å². The smallest absolute Gasteiger partial charge is 0.0282 e. The molecule has 5 unspecified atom stereocenters. The Bertz CT molecular complexity index is 498. The van der Waals surface area contributed by atoms with Gasteiger partial charge < -0.3 is 0 Å². The Kier molecular flexibility index (Phi) is 3.76. The minimum atomic E-state index is 0.468. The van der Waals surface area contributed by atoms with E-state index in [9.17, 15) is 0 Å². The molecule has 5 atom stereocenters. The SMILES string of the molecule is NNC(CC1CC2CCC1C2)C1CCCc2ccccc21. The van der Waals surface area contributed by atoms with Gasteiger partial charge in [-0.15, -0.1) is 0 Å². The van der Waals surface area contributed by atoms with E-state index in [-0.39, 0.29) is 0 Å². The van der Waals surface area contributed by atoms with Gasteiger partial charge in [-0.25, -0.2) is 0 Å². The molecule has 0 aliphatic heterocycles. The van der Waals surface area contributed by atoms with Crippen LogP contribution < -0.4 is 11.3 Å². The third-order valence-electron chi connectivity index (χ3n) is 6.56. The molecule has 3 N–H and O–H groups in total. The van der Waals surface area contributed by atoms with Crippen molar-refractivity contribution in [1.82, 2.24) is 5.43 Å². The number of nitrogens with two attached hydrogens (primary N) is 1. The van der Waals surface area contributed by atoms with Gasteiger partial charge in [-0.2, -0.15) is 0 Å². The lowest BCUT2D eigenvalue weighted by molar-refractivity contribution is 0.253. The van der Waals surface area contributed by atoms with Crippen molar-refractivity contribution in [3.05, 3.63) is 35.4 Å².